The van der Waals surface area contributed by atoms with E-state index in [9.17, 15) is 0 Å². The molecule has 0 aliphatic carbocycles. The van der Waals surface area contributed by atoms with Crippen molar-refractivity contribution in [1.82, 2.24) is 20.4 Å². The van der Waals surface area contributed by atoms with Crippen LogP contribution in [0.1, 0.15) is 44.9 Å². The largest absolute Gasteiger partial charge is 0.369 e. The van der Waals surface area contributed by atoms with Crippen LogP contribution in [-0.4, -0.2) is 87.2 Å². The molecule has 0 radical (unpaired) electrons. The minimum Gasteiger partial charge on any atom is -0.369 e. The first kappa shape index (κ1) is 22.4. The maximum atomic E-state index is 4.60. The molecule has 6 heteroatoms. The molecule has 3 fully saturated rings. The zero-order valence-electron chi connectivity index (χ0n) is 19.7. The lowest BCUT2D eigenvalue weighted by Gasteiger charge is -2.50. The number of guanidine groups is 1. The van der Waals surface area contributed by atoms with Gasteiger partial charge in [0.2, 0.25) is 0 Å². The van der Waals surface area contributed by atoms with Crippen molar-refractivity contribution in [2.45, 2.75) is 56.5 Å². The standard InChI is InChI=1S/C25H42N6/c1-26-24(28-22-10-9-15-30(20-22)23-11-5-3-6-12-23)27-21-25(13-18-29(2)19-14-25)31-16-7-4-8-17-31/h3,5-6,11-12,22H,4,7-10,13-21H2,1-2H3,(H2,26,27,28). The Labute approximate surface area is 189 Å². The Morgan fingerprint density at radius 1 is 1.00 bits per heavy atom. The fourth-order valence-electron chi connectivity index (χ4n) is 5.61. The zero-order chi connectivity index (χ0) is 21.5. The number of hydrogen-bond donors (Lipinski definition) is 2. The Balaban J connectivity index is 1.35. The maximum Gasteiger partial charge on any atom is 0.191 e. The molecule has 1 unspecified atom stereocenters. The second kappa shape index (κ2) is 10.7. The van der Waals surface area contributed by atoms with Crippen molar-refractivity contribution in [3.8, 4) is 0 Å². The molecule has 31 heavy (non-hydrogen) atoms. The molecule has 1 aromatic rings. The smallest absolute Gasteiger partial charge is 0.191 e. The van der Waals surface area contributed by atoms with Crippen molar-refractivity contribution in [2.24, 2.45) is 4.99 Å². The third kappa shape index (κ3) is 5.72. The quantitative estimate of drug-likeness (QED) is 0.560. The van der Waals surface area contributed by atoms with Gasteiger partial charge in [-0.2, -0.15) is 0 Å². The number of benzene rings is 1. The highest BCUT2D eigenvalue weighted by Gasteiger charge is 2.39. The number of anilines is 1. The number of para-hydroxylation sites is 1. The first-order valence-corrected chi connectivity index (χ1v) is 12.4. The van der Waals surface area contributed by atoms with Crippen molar-refractivity contribution in [1.29, 1.82) is 0 Å². The average Bonchev–Trinajstić information content (AvgIpc) is 2.84. The maximum absolute atomic E-state index is 4.60. The molecule has 172 valence electrons. The summed E-state index contributed by atoms with van der Waals surface area (Å²) in [6.45, 7) is 8.07. The summed E-state index contributed by atoms with van der Waals surface area (Å²) in [5.74, 6) is 0.968. The van der Waals surface area contributed by atoms with E-state index in [0.29, 0.717) is 6.04 Å². The van der Waals surface area contributed by atoms with Crippen LogP contribution in [0.4, 0.5) is 5.69 Å². The molecule has 3 aliphatic heterocycles. The van der Waals surface area contributed by atoms with Crippen LogP contribution in [0.2, 0.25) is 0 Å². The molecule has 0 spiro atoms. The van der Waals surface area contributed by atoms with Gasteiger partial charge in [0.1, 0.15) is 0 Å². The summed E-state index contributed by atoms with van der Waals surface area (Å²) in [6.07, 6.45) is 9.00. The highest BCUT2D eigenvalue weighted by atomic mass is 15.3. The van der Waals surface area contributed by atoms with E-state index in [1.54, 1.807) is 0 Å². The van der Waals surface area contributed by atoms with Crippen LogP contribution in [0.25, 0.3) is 0 Å². The fraction of sp³-hybridized carbons (Fsp3) is 0.720. The summed E-state index contributed by atoms with van der Waals surface area (Å²) in [6, 6.07) is 11.2. The van der Waals surface area contributed by atoms with E-state index in [4.69, 9.17) is 0 Å². The SMILES string of the molecule is CN=C(NCC1(N2CCCCC2)CCN(C)CC1)NC1CCCN(c2ccccc2)C1. The van der Waals surface area contributed by atoms with E-state index < -0.39 is 0 Å². The molecule has 0 bridgehead atoms. The van der Waals surface area contributed by atoms with Crippen molar-refractivity contribution in [3.05, 3.63) is 30.3 Å². The molecule has 1 atom stereocenters. The van der Waals surface area contributed by atoms with Gasteiger partial charge in [-0.15, -0.1) is 0 Å². The predicted octanol–water partition coefficient (Wildman–Crippen LogP) is 2.77. The number of rotatable bonds is 5. The number of nitrogens with one attached hydrogen (secondary N) is 2. The lowest BCUT2D eigenvalue weighted by atomic mass is 9.84. The lowest BCUT2D eigenvalue weighted by molar-refractivity contribution is 0.0173. The topological polar surface area (TPSA) is 46.1 Å². The van der Waals surface area contributed by atoms with Gasteiger partial charge >= 0.3 is 0 Å². The highest BCUT2D eigenvalue weighted by molar-refractivity contribution is 5.80. The Kier molecular flexibility index (Phi) is 7.72. The lowest BCUT2D eigenvalue weighted by Crippen LogP contribution is -2.62. The number of nitrogens with zero attached hydrogens (tertiary/aromatic N) is 4. The van der Waals surface area contributed by atoms with Crippen LogP contribution in [0.15, 0.2) is 35.3 Å². The fourth-order valence-corrected chi connectivity index (χ4v) is 5.61. The van der Waals surface area contributed by atoms with Crippen molar-refractivity contribution in [2.75, 3.05) is 64.8 Å². The second-order valence-corrected chi connectivity index (χ2v) is 9.77. The van der Waals surface area contributed by atoms with E-state index in [0.717, 1.165) is 25.6 Å². The van der Waals surface area contributed by atoms with Crippen LogP contribution in [0.5, 0.6) is 0 Å². The number of likely N-dealkylation sites (tertiary alicyclic amines) is 2. The predicted molar refractivity (Wildman–Crippen MR) is 131 cm³/mol. The Morgan fingerprint density at radius 3 is 2.45 bits per heavy atom. The summed E-state index contributed by atoms with van der Waals surface area (Å²) < 4.78 is 0. The van der Waals surface area contributed by atoms with Gasteiger partial charge in [0, 0.05) is 44.0 Å². The molecule has 2 N–H and O–H groups in total. The molecule has 6 nitrogen and oxygen atoms in total. The van der Waals surface area contributed by atoms with Gasteiger partial charge in [-0.25, -0.2) is 0 Å². The molecule has 3 heterocycles. The number of hydrogen-bond acceptors (Lipinski definition) is 4. The summed E-state index contributed by atoms with van der Waals surface area (Å²) in [5, 5.41) is 7.50. The molecule has 0 saturated carbocycles. The van der Waals surface area contributed by atoms with Gasteiger partial charge in [0.25, 0.3) is 0 Å². The van der Waals surface area contributed by atoms with Crippen LogP contribution in [0, 0.1) is 0 Å². The Bertz CT molecular complexity index is 691. The van der Waals surface area contributed by atoms with E-state index in [-0.39, 0.29) is 5.54 Å². The summed E-state index contributed by atoms with van der Waals surface area (Å²) in [7, 11) is 4.17. The van der Waals surface area contributed by atoms with Crippen molar-refractivity contribution in [3.63, 3.8) is 0 Å². The van der Waals surface area contributed by atoms with Gasteiger partial charge in [-0.05, 0) is 83.9 Å². The van der Waals surface area contributed by atoms with Crippen LogP contribution >= 0.6 is 0 Å². The zero-order valence-corrected chi connectivity index (χ0v) is 19.7. The molecule has 3 saturated heterocycles. The number of piperidine rings is 3. The minimum absolute atomic E-state index is 0.271. The molecule has 0 amide bonds. The second-order valence-electron chi connectivity index (χ2n) is 9.77. The summed E-state index contributed by atoms with van der Waals surface area (Å²) in [5.41, 5.74) is 1.60. The van der Waals surface area contributed by atoms with Gasteiger partial charge in [0.15, 0.2) is 5.96 Å². The molecular weight excluding hydrogens is 384 g/mol. The van der Waals surface area contributed by atoms with Crippen molar-refractivity contribution < 1.29 is 0 Å². The minimum atomic E-state index is 0.271. The van der Waals surface area contributed by atoms with Gasteiger partial charge < -0.3 is 20.4 Å². The molecule has 1 aromatic carbocycles. The average molecular weight is 427 g/mol. The van der Waals surface area contributed by atoms with E-state index in [1.165, 1.54) is 76.8 Å². The van der Waals surface area contributed by atoms with E-state index in [1.807, 2.05) is 7.05 Å². The third-order valence-electron chi connectivity index (χ3n) is 7.64. The Hall–Kier alpha value is -1.79. The first-order valence-electron chi connectivity index (χ1n) is 12.4. The van der Waals surface area contributed by atoms with Crippen LogP contribution in [0.3, 0.4) is 0 Å². The Morgan fingerprint density at radius 2 is 1.74 bits per heavy atom. The molecular formula is C25H42N6. The normalized spacial score (nSPS) is 25.9. The van der Waals surface area contributed by atoms with E-state index >= 15 is 0 Å². The molecule has 3 aliphatic rings. The van der Waals surface area contributed by atoms with Gasteiger partial charge in [0.05, 0.1) is 0 Å². The summed E-state index contributed by atoms with van der Waals surface area (Å²) in [4.78, 5) is 12.4. The molecule has 4 rings (SSSR count). The van der Waals surface area contributed by atoms with Crippen molar-refractivity contribution >= 4 is 11.6 Å². The molecule has 0 aromatic heterocycles. The van der Waals surface area contributed by atoms with Crippen LogP contribution < -0.4 is 15.5 Å². The number of aliphatic imine (C=N–C) groups is 1. The van der Waals surface area contributed by atoms with E-state index in [2.05, 4.69) is 67.7 Å². The highest BCUT2D eigenvalue weighted by Crippen LogP contribution is 2.31. The summed E-state index contributed by atoms with van der Waals surface area (Å²) >= 11 is 0. The van der Waals surface area contributed by atoms with Gasteiger partial charge in [-0.3, -0.25) is 9.89 Å². The monoisotopic (exact) mass is 426 g/mol. The third-order valence-corrected chi connectivity index (χ3v) is 7.64. The van der Waals surface area contributed by atoms with Crippen LogP contribution in [-0.2, 0) is 0 Å². The first-order chi connectivity index (χ1) is 15.2. The van der Waals surface area contributed by atoms with Gasteiger partial charge in [-0.1, -0.05) is 24.6 Å².